The molecule has 0 aliphatic carbocycles. The Morgan fingerprint density at radius 1 is 1.03 bits per heavy atom. The number of nitrogens with one attached hydrogen (secondary N) is 1. The van der Waals surface area contributed by atoms with Crippen LogP contribution in [0.3, 0.4) is 0 Å². The molecule has 1 saturated heterocycles. The largest absolute Gasteiger partial charge is 0.340 e. The molecule has 1 aliphatic heterocycles. The van der Waals surface area contributed by atoms with E-state index in [-0.39, 0.29) is 11.8 Å². The van der Waals surface area contributed by atoms with E-state index in [4.69, 9.17) is 0 Å². The number of piperazine rings is 1. The normalized spacial score (nSPS) is 15.7. The lowest BCUT2D eigenvalue weighted by molar-refractivity contribution is -0.135. The minimum atomic E-state index is -0.512. The maximum absolute atomic E-state index is 13.3. The summed E-state index contributed by atoms with van der Waals surface area (Å²) in [7, 11) is 0. The lowest BCUT2D eigenvalue weighted by Crippen LogP contribution is -2.55. The molecule has 1 aromatic carbocycles. The fourth-order valence-electron chi connectivity index (χ4n) is 4.40. The Balaban J connectivity index is 1.36. The van der Waals surface area contributed by atoms with Crippen molar-refractivity contribution in [2.75, 3.05) is 26.2 Å². The highest BCUT2D eigenvalue weighted by Crippen LogP contribution is 2.15. The van der Waals surface area contributed by atoms with Gasteiger partial charge in [0.2, 0.25) is 5.91 Å². The zero-order chi connectivity index (χ0) is 23.4. The van der Waals surface area contributed by atoms with Crippen molar-refractivity contribution in [3.05, 3.63) is 71.7 Å². The van der Waals surface area contributed by atoms with Crippen molar-refractivity contribution in [1.82, 2.24) is 24.5 Å². The van der Waals surface area contributed by atoms with Crippen LogP contribution in [-0.2, 0) is 11.3 Å². The van der Waals surface area contributed by atoms with Gasteiger partial charge in [-0.2, -0.15) is 0 Å². The second kappa shape index (κ2) is 10.2. The molecule has 1 unspecified atom stereocenters. The minimum absolute atomic E-state index is 0.0121. The van der Waals surface area contributed by atoms with Crippen LogP contribution >= 0.6 is 0 Å². The van der Waals surface area contributed by atoms with Gasteiger partial charge in [0, 0.05) is 50.7 Å². The molecule has 1 fully saturated rings. The Bertz CT molecular complexity index is 1080. The van der Waals surface area contributed by atoms with Crippen LogP contribution in [-0.4, -0.2) is 63.2 Å². The van der Waals surface area contributed by atoms with Crippen molar-refractivity contribution in [2.24, 2.45) is 5.92 Å². The first kappa shape index (κ1) is 23.0. The lowest BCUT2D eigenvalue weighted by atomic mass is 10.0. The number of hydrogen-bond donors (Lipinski definition) is 1. The third-order valence-electron chi connectivity index (χ3n) is 6.18. The molecule has 7 heteroatoms. The summed E-state index contributed by atoms with van der Waals surface area (Å²) in [6.07, 6.45) is 4.69. The standard InChI is InChI=1S/C26H33N5O2/c1-19(2)16-23(28-25(32)22-9-5-4-8-20(22)3)26(33)30-14-12-29(13-15-30)17-21-18-31-11-7-6-10-24(31)27-21/h4-11,18-19,23H,12-17H2,1-3H3,(H,28,32). The molecule has 174 valence electrons. The average Bonchev–Trinajstić information content (AvgIpc) is 3.21. The number of benzene rings is 1. The summed E-state index contributed by atoms with van der Waals surface area (Å²) in [5.41, 5.74) is 3.51. The molecule has 0 saturated carbocycles. The maximum Gasteiger partial charge on any atom is 0.252 e. The van der Waals surface area contributed by atoms with Gasteiger partial charge in [-0.05, 0) is 43.0 Å². The van der Waals surface area contributed by atoms with Crippen LogP contribution in [0.15, 0.2) is 54.9 Å². The first-order chi connectivity index (χ1) is 15.9. The Kier molecular flexibility index (Phi) is 7.08. The summed E-state index contributed by atoms with van der Waals surface area (Å²) >= 11 is 0. The van der Waals surface area contributed by atoms with E-state index in [9.17, 15) is 9.59 Å². The number of imidazole rings is 1. The van der Waals surface area contributed by atoms with Crippen LogP contribution in [0.1, 0.15) is 41.9 Å². The predicted octanol–water partition coefficient (Wildman–Crippen LogP) is 3.13. The van der Waals surface area contributed by atoms with Gasteiger partial charge in [0.15, 0.2) is 0 Å². The van der Waals surface area contributed by atoms with Gasteiger partial charge in [-0.3, -0.25) is 14.5 Å². The van der Waals surface area contributed by atoms with E-state index in [2.05, 4.69) is 35.2 Å². The van der Waals surface area contributed by atoms with Crippen LogP contribution in [0.5, 0.6) is 0 Å². The number of aryl methyl sites for hydroxylation is 1. The van der Waals surface area contributed by atoms with Crippen LogP contribution in [0.4, 0.5) is 0 Å². The van der Waals surface area contributed by atoms with Gasteiger partial charge in [-0.1, -0.05) is 38.1 Å². The number of hydrogen-bond acceptors (Lipinski definition) is 4. The molecule has 33 heavy (non-hydrogen) atoms. The van der Waals surface area contributed by atoms with Gasteiger partial charge in [-0.25, -0.2) is 4.98 Å². The predicted molar refractivity (Wildman–Crippen MR) is 129 cm³/mol. The fraction of sp³-hybridized carbons (Fsp3) is 0.423. The number of fused-ring (bicyclic) bond motifs is 1. The van der Waals surface area contributed by atoms with Gasteiger partial charge in [-0.15, -0.1) is 0 Å². The first-order valence-electron chi connectivity index (χ1n) is 11.7. The van der Waals surface area contributed by atoms with Crippen LogP contribution in [0.2, 0.25) is 0 Å². The highest BCUT2D eigenvalue weighted by Gasteiger charge is 2.29. The molecule has 3 aromatic rings. The van der Waals surface area contributed by atoms with Gasteiger partial charge in [0.25, 0.3) is 5.91 Å². The van der Waals surface area contributed by atoms with E-state index < -0.39 is 6.04 Å². The Labute approximate surface area is 195 Å². The van der Waals surface area contributed by atoms with Crippen molar-refractivity contribution in [3.63, 3.8) is 0 Å². The number of carbonyl (C=O) groups is 2. The summed E-state index contributed by atoms with van der Waals surface area (Å²) in [4.78, 5) is 35.1. The molecule has 1 N–H and O–H groups in total. The van der Waals surface area contributed by atoms with Crippen LogP contribution < -0.4 is 5.32 Å². The number of rotatable bonds is 7. The van der Waals surface area contributed by atoms with E-state index in [1.165, 1.54) is 0 Å². The smallest absolute Gasteiger partial charge is 0.252 e. The van der Waals surface area contributed by atoms with Crippen LogP contribution in [0.25, 0.3) is 5.65 Å². The molecule has 2 aromatic heterocycles. The molecular formula is C26H33N5O2. The van der Waals surface area contributed by atoms with Gasteiger partial charge >= 0.3 is 0 Å². The minimum Gasteiger partial charge on any atom is -0.340 e. The van der Waals surface area contributed by atoms with Crippen molar-refractivity contribution in [3.8, 4) is 0 Å². The molecule has 7 nitrogen and oxygen atoms in total. The summed E-state index contributed by atoms with van der Waals surface area (Å²) in [5, 5.41) is 3.01. The Morgan fingerprint density at radius 3 is 2.45 bits per heavy atom. The van der Waals surface area contributed by atoms with Crippen molar-refractivity contribution in [1.29, 1.82) is 0 Å². The second-order valence-electron chi connectivity index (χ2n) is 9.27. The third kappa shape index (κ3) is 5.60. The van der Waals surface area contributed by atoms with Crippen molar-refractivity contribution >= 4 is 17.5 Å². The molecule has 0 spiro atoms. The van der Waals surface area contributed by atoms with Gasteiger partial charge < -0.3 is 14.6 Å². The molecule has 2 amide bonds. The quantitative estimate of drug-likeness (QED) is 0.604. The highest BCUT2D eigenvalue weighted by atomic mass is 16.2. The highest BCUT2D eigenvalue weighted by molar-refractivity contribution is 5.98. The molecule has 4 rings (SSSR count). The maximum atomic E-state index is 13.3. The van der Waals surface area contributed by atoms with E-state index in [0.29, 0.717) is 31.0 Å². The summed E-state index contributed by atoms with van der Waals surface area (Å²) in [6.45, 7) is 9.72. The summed E-state index contributed by atoms with van der Waals surface area (Å²) < 4.78 is 2.03. The van der Waals surface area contributed by atoms with Gasteiger partial charge in [0.05, 0.1) is 5.69 Å². The topological polar surface area (TPSA) is 70.0 Å². The molecular weight excluding hydrogens is 414 g/mol. The van der Waals surface area contributed by atoms with E-state index in [0.717, 1.165) is 36.5 Å². The SMILES string of the molecule is Cc1ccccc1C(=O)NC(CC(C)C)C(=O)N1CCN(Cc2cn3ccccc3n2)CC1. The lowest BCUT2D eigenvalue weighted by Gasteiger charge is -2.36. The molecule has 0 radical (unpaired) electrons. The summed E-state index contributed by atoms with van der Waals surface area (Å²) in [5.74, 6) is 0.128. The first-order valence-corrected chi connectivity index (χ1v) is 11.7. The zero-order valence-electron chi connectivity index (χ0n) is 19.7. The second-order valence-corrected chi connectivity index (χ2v) is 9.27. The zero-order valence-corrected chi connectivity index (χ0v) is 19.7. The Morgan fingerprint density at radius 2 is 1.76 bits per heavy atom. The van der Waals surface area contributed by atoms with E-state index in [1.54, 1.807) is 6.07 Å². The van der Waals surface area contributed by atoms with Crippen molar-refractivity contribution in [2.45, 2.75) is 39.8 Å². The number of nitrogens with zero attached hydrogens (tertiary/aromatic N) is 4. The molecule has 1 atom stereocenters. The van der Waals surface area contributed by atoms with Crippen LogP contribution in [0, 0.1) is 12.8 Å². The average molecular weight is 448 g/mol. The summed E-state index contributed by atoms with van der Waals surface area (Å²) in [6, 6.07) is 13.0. The van der Waals surface area contributed by atoms with Crippen molar-refractivity contribution < 1.29 is 9.59 Å². The number of aromatic nitrogens is 2. The third-order valence-corrected chi connectivity index (χ3v) is 6.18. The number of carbonyl (C=O) groups excluding carboxylic acids is 2. The van der Waals surface area contributed by atoms with Gasteiger partial charge in [0.1, 0.15) is 11.7 Å². The monoisotopic (exact) mass is 447 g/mol. The molecule has 1 aliphatic rings. The number of amides is 2. The Hall–Kier alpha value is -3.19. The van der Waals surface area contributed by atoms with E-state index >= 15 is 0 Å². The fourth-order valence-corrected chi connectivity index (χ4v) is 4.40. The molecule has 3 heterocycles. The number of pyridine rings is 1. The molecule has 0 bridgehead atoms. The van der Waals surface area contributed by atoms with E-state index in [1.807, 2.05) is 58.8 Å².